The summed E-state index contributed by atoms with van der Waals surface area (Å²) in [4.78, 5) is 16.0. The molecule has 2 N–H and O–H groups in total. The zero-order valence-electron chi connectivity index (χ0n) is 16.8. The number of methoxy groups -OCH3 is 2. The van der Waals surface area contributed by atoms with Gasteiger partial charge in [-0.1, -0.05) is 6.07 Å². The van der Waals surface area contributed by atoms with E-state index in [-0.39, 0.29) is 0 Å². The summed E-state index contributed by atoms with van der Waals surface area (Å²) in [6, 6.07) is 11.0. The quantitative estimate of drug-likeness (QED) is 0.454. The van der Waals surface area contributed by atoms with Crippen molar-refractivity contribution in [3.05, 3.63) is 47.5 Å². The van der Waals surface area contributed by atoms with Gasteiger partial charge in [0, 0.05) is 31.8 Å². The normalized spacial score (nSPS) is 13.3. The van der Waals surface area contributed by atoms with Crippen LogP contribution in [0.25, 0.3) is 0 Å². The van der Waals surface area contributed by atoms with Crippen molar-refractivity contribution in [1.29, 1.82) is 0 Å². The third-order valence-electron chi connectivity index (χ3n) is 4.37. The topological polar surface area (TPSA) is 90.4 Å². The maximum absolute atomic E-state index is 11.8. The van der Waals surface area contributed by atoms with Gasteiger partial charge in [0.1, 0.15) is 11.3 Å². The monoisotopic (exact) mass is 399 g/mol. The average molecular weight is 399 g/mol. The molecule has 0 radical (unpaired) electrons. The fourth-order valence-electron chi connectivity index (χ4n) is 2.87. The van der Waals surface area contributed by atoms with Crippen molar-refractivity contribution in [2.24, 2.45) is 4.99 Å². The van der Waals surface area contributed by atoms with Gasteiger partial charge in [-0.15, -0.1) is 0 Å². The van der Waals surface area contributed by atoms with Gasteiger partial charge in [-0.05, 0) is 29.8 Å². The lowest BCUT2D eigenvalue weighted by molar-refractivity contribution is 0.0597. The van der Waals surface area contributed by atoms with Crippen LogP contribution in [0.4, 0.5) is 5.69 Å². The Morgan fingerprint density at radius 3 is 2.62 bits per heavy atom. The number of hydrogen-bond acceptors (Lipinski definition) is 6. The Bertz CT molecular complexity index is 898. The van der Waals surface area contributed by atoms with Crippen LogP contribution in [-0.4, -0.2) is 46.4 Å². The molecule has 3 rings (SSSR count). The van der Waals surface area contributed by atoms with Gasteiger partial charge in [-0.3, -0.25) is 4.99 Å². The molecule has 0 amide bonds. The van der Waals surface area contributed by atoms with E-state index in [1.165, 1.54) is 14.2 Å². The van der Waals surface area contributed by atoms with Gasteiger partial charge >= 0.3 is 5.97 Å². The van der Waals surface area contributed by atoms with Gasteiger partial charge in [-0.2, -0.15) is 0 Å². The minimum absolute atomic E-state index is 0.383. The van der Waals surface area contributed by atoms with E-state index in [2.05, 4.69) is 15.6 Å². The number of esters is 1. The highest BCUT2D eigenvalue weighted by atomic mass is 16.5. The summed E-state index contributed by atoms with van der Waals surface area (Å²) in [5.74, 6) is 2.07. The molecule has 2 aromatic rings. The zero-order valence-corrected chi connectivity index (χ0v) is 16.8. The lowest BCUT2D eigenvalue weighted by atomic mass is 10.1. The van der Waals surface area contributed by atoms with Crippen LogP contribution >= 0.6 is 0 Å². The predicted octanol–water partition coefficient (Wildman–Crippen LogP) is 2.83. The number of benzene rings is 2. The predicted molar refractivity (Wildman–Crippen MR) is 110 cm³/mol. The maximum atomic E-state index is 11.8. The second-order valence-corrected chi connectivity index (χ2v) is 6.29. The van der Waals surface area contributed by atoms with Gasteiger partial charge in [-0.25, -0.2) is 4.79 Å². The van der Waals surface area contributed by atoms with Crippen molar-refractivity contribution >= 4 is 17.6 Å². The molecule has 0 saturated carbocycles. The first kappa shape index (κ1) is 20.3. The number of aliphatic imine (C=N–C) groups is 1. The highest BCUT2D eigenvalue weighted by Gasteiger charge is 2.14. The molecular formula is C21H25N3O5. The number of carbonyl (C=O) groups is 1. The van der Waals surface area contributed by atoms with Crippen LogP contribution in [0.1, 0.15) is 22.3 Å². The second kappa shape index (κ2) is 9.68. The largest absolute Gasteiger partial charge is 0.496 e. The number of hydrogen-bond donors (Lipinski definition) is 2. The van der Waals surface area contributed by atoms with E-state index in [0.29, 0.717) is 42.8 Å². The molecule has 0 aromatic heterocycles. The molecule has 0 fully saturated rings. The number of ether oxygens (including phenoxy) is 4. The molecule has 1 heterocycles. The molecule has 1 aliphatic heterocycles. The molecule has 0 atom stereocenters. The lowest BCUT2D eigenvalue weighted by Gasteiger charge is -2.15. The minimum atomic E-state index is -0.437. The lowest BCUT2D eigenvalue weighted by Crippen LogP contribution is -2.30. The molecule has 154 valence electrons. The van der Waals surface area contributed by atoms with E-state index in [0.717, 1.165) is 23.4 Å². The van der Waals surface area contributed by atoms with E-state index >= 15 is 0 Å². The van der Waals surface area contributed by atoms with Crippen molar-refractivity contribution in [2.75, 3.05) is 39.8 Å². The molecule has 8 nitrogen and oxygen atoms in total. The molecule has 29 heavy (non-hydrogen) atoms. The van der Waals surface area contributed by atoms with Crippen LogP contribution in [0, 0.1) is 0 Å². The van der Waals surface area contributed by atoms with Gasteiger partial charge in [0.15, 0.2) is 17.5 Å². The van der Waals surface area contributed by atoms with Crippen LogP contribution < -0.4 is 24.8 Å². The first-order chi connectivity index (χ1) is 14.1. The van der Waals surface area contributed by atoms with E-state index in [1.807, 2.05) is 24.3 Å². The SMILES string of the molecule is CN=C(NCc1ccc(C(=O)OC)c(OC)c1)Nc1ccc2c(c1)OCCCO2. The van der Waals surface area contributed by atoms with Gasteiger partial charge in [0.25, 0.3) is 0 Å². The Labute approximate surface area is 169 Å². The second-order valence-electron chi connectivity index (χ2n) is 6.29. The first-order valence-electron chi connectivity index (χ1n) is 9.27. The highest BCUT2D eigenvalue weighted by Crippen LogP contribution is 2.32. The maximum Gasteiger partial charge on any atom is 0.341 e. The molecule has 8 heteroatoms. The summed E-state index contributed by atoms with van der Waals surface area (Å²) in [5.41, 5.74) is 2.14. The van der Waals surface area contributed by atoms with E-state index in [4.69, 9.17) is 18.9 Å². The van der Waals surface area contributed by atoms with Crippen molar-refractivity contribution in [2.45, 2.75) is 13.0 Å². The highest BCUT2D eigenvalue weighted by molar-refractivity contribution is 5.94. The summed E-state index contributed by atoms with van der Waals surface area (Å²) in [6.45, 7) is 1.77. The number of nitrogens with one attached hydrogen (secondary N) is 2. The van der Waals surface area contributed by atoms with Gasteiger partial charge in [0.05, 0.1) is 27.4 Å². The minimum Gasteiger partial charge on any atom is -0.496 e. The standard InChI is InChI=1S/C21H25N3O5/c1-22-21(24-15-6-8-17-19(12-15)29-10-4-9-28-17)23-13-14-5-7-16(20(25)27-3)18(11-14)26-2/h5-8,11-12H,4,9-10,13H2,1-3H3,(H2,22,23,24). The molecule has 0 spiro atoms. The number of anilines is 1. The fraction of sp³-hybridized carbons (Fsp3) is 0.333. The van der Waals surface area contributed by atoms with Crippen LogP contribution in [0.5, 0.6) is 17.2 Å². The Kier molecular flexibility index (Phi) is 6.78. The summed E-state index contributed by atoms with van der Waals surface area (Å²) < 4.78 is 21.4. The van der Waals surface area contributed by atoms with E-state index < -0.39 is 5.97 Å². The summed E-state index contributed by atoms with van der Waals surface area (Å²) >= 11 is 0. The Balaban J connectivity index is 1.65. The van der Waals surface area contributed by atoms with Crippen LogP contribution in [0.2, 0.25) is 0 Å². The van der Waals surface area contributed by atoms with Crippen LogP contribution in [0.15, 0.2) is 41.4 Å². The van der Waals surface area contributed by atoms with E-state index in [9.17, 15) is 4.79 Å². The molecule has 0 aliphatic carbocycles. The van der Waals surface area contributed by atoms with Gasteiger partial charge in [0.2, 0.25) is 0 Å². The van der Waals surface area contributed by atoms with Gasteiger partial charge < -0.3 is 29.6 Å². The molecular weight excluding hydrogens is 374 g/mol. The van der Waals surface area contributed by atoms with Crippen molar-refractivity contribution in [1.82, 2.24) is 5.32 Å². The summed E-state index contributed by atoms with van der Waals surface area (Å²) in [5, 5.41) is 6.47. The number of nitrogens with zero attached hydrogens (tertiary/aromatic N) is 1. The smallest absolute Gasteiger partial charge is 0.341 e. The number of guanidine groups is 1. The number of rotatable bonds is 5. The third kappa shape index (κ3) is 5.10. The average Bonchev–Trinajstić information content (AvgIpc) is 3.00. The zero-order chi connectivity index (χ0) is 20.6. The Hall–Kier alpha value is -3.42. The molecule has 2 aromatic carbocycles. The fourth-order valence-corrected chi connectivity index (χ4v) is 2.87. The summed E-state index contributed by atoms with van der Waals surface area (Å²) in [6.07, 6.45) is 0.860. The van der Waals surface area contributed by atoms with Crippen molar-refractivity contribution < 1.29 is 23.7 Å². The molecule has 1 aliphatic rings. The van der Waals surface area contributed by atoms with Crippen LogP contribution in [-0.2, 0) is 11.3 Å². The molecule has 0 saturated heterocycles. The number of fused-ring (bicyclic) bond motifs is 1. The van der Waals surface area contributed by atoms with Crippen molar-refractivity contribution in [3.63, 3.8) is 0 Å². The Morgan fingerprint density at radius 1 is 1.10 bits per heavy atom. The Morgan fingerprint density at radius 2 is 1.90 bits per heavy atom. The summed E-state index contributed by atoms with van der Waals surface area (Å²) in [7, 11) is 4.55. The van der Waals surface area contributed by atoms with E-state index in [1.54, 1.807) is 19.2 Å². The molecule has 0 bridgehead atoms. The first-order valence-corrected chi connectivity index (χ1v) is 9.27. The van der Waals surface area contributed by atoms with Crippen molar-refractivity contribution in [3.8, 4) is 17.2 Å². The number of carbonyl (C=O) groups excluding carboxylic acids is 1. The van der Waals surface area contributed by atoms with Crippen LogP contribution in [0.3, 0.4) is 0 Å². The molecule has 0 unspecified atom stereocenters. The third-order valence-corrected chi connectivity index (χ3v) is 4.37.